The molecular weight excluding hydrogens is 372 g/mol. The number of carbonyl (C=O) groups is 3. The smallest absolute Gasteiger partial charge is 0.339 e. The van der Waals surface area contributed by atoms with E-state index in [1.807, 2.05) is 13.8 Å². The molecule has 3 rings (SSSR count). The Balaban J connectivity index is 1.69. The van der Waals surface area contributed by atoms with Crippen molar-refractivity contribution in [1.82, 2.24) is 5.32 Å². The molecule has 0 spiro atoms. The lowest BCUT2D eigenvalue weighted by atomic mass is 9.95. The van der Waals surface area contributed by atoms with Gasteiger partial charge in [-0.15, -0.1) is 0 Å². The first kappa shape index (κ1) is 21.1. The number of amides is 2. The molecule has 2 amide bonds. The van der Waals surface area contributed by atoms with Crippen LogP contribution in [0.1, 0.15) is 70.2 Å². The molecule has 7 heteroatoms. The summed E-state index contributed by atoms with van der Waals surface area (Å²) in [5, 5.41) is 5.78. The van der Waals surface area contributed by atoms with E-state index in [1.165, 1.54) is 12.5 Å². The van der Waals surface area contributed by atoms with E-state index >= 15 is 0 Å². The Morgan fingerprint density at radius 2 is 1.90 bits per heavy atom. The summed E-state index contributed by atoms with van der Waals surface area (Å²) in [7, 11) is 0. The van der Waals surface area contributed by atoms with Gasteiger partial charge in [-0.1, -0.05) is 33.1 Å². The maximum absolute atomic E-state index is 12.7. The molecule has 2 aliphatic rings. The molecule has 2 N–H and O–H groups in total. The van der Waals surface area contributed by atoms with Crippen LogP contribution in [-0.2, 0) is 14.3 Å². The number of esters is 1. The summed E-state index contributed by atoms with van der Waals surface area (Å²) in [6, 6.07) is 4.86. The zero-order chi connectivity index (χ0) is 21.2. The van der Waals surface area contributed by atoms with Crippen LogP contribution in [0.4, 0.5) is 5.69 Å². The highest BCUT2D eigenvalue weighted by Crippen LogP contribution is 2.34. The lowest BCUT2D eigenvalue weighted by Gasteiger charge is -2.31. The number of anilines is 1. The first-order valence-corrected chi connectivity index (χ1v) is 10.3. The molecule has 7 nitrogen and oxygen atoms in total. The van der Waals surface area contributed by atoms with Crippen LogP contribution in [0.25, 0.3) is 0 Å². The first-order chi connectivity index (χ1) is 13.7. The molecule has 1 saturated carbocycles. The zero-order valence-electron chi connectivity index (χ0n) is 17.5. The summed E-state index contributed by atoms with van der Waals surface area (Å²) in [6.07, 6.45) is 4.47. The van der Waals surface area contributed by atoms with Crippen LogP contribution in [0.2, 0.25) is 0 Å². The van der Waals surface area contributed by atoms with E-state index in [9.17, 15) is 14.4 Å². The average molecular weight is 402 g/mol. The van der Waals surface area contributed by atoms with Gasteiger partial charge in [0.25, 0.3) is 11.8 Å². The minimum Gasteiger partial charge on any atom is -0.476 e. The van der Waals surface area contributed by atoms with E-state index in [4.69, 9.17) is 9.47 Å². The molecular formula is C22H30N2O5. The third-order valence-electron chi connectivity index (χ3n) is 5.42. The van der Waals surface area contributed by atoms with E-state index in [0.717, 1.165) is 25.7 Å². The normalized spacial score (nSPS) is 19.6. The van der Waals surface area contributed by atoms with Crippen molar-refractivity contribution in [3.05, 3.63) is 23.8 Å². The minimum absolute atomic E-state index is 0.149. The highest BCUT2D eigenvalue weighted by molar-refractivity contribution is 6.02. The van der Waals surface area contributed by atoms with E-state index in [0.29, 0.717) is 11.4 Å². The number of ether oxygens (including phenoxy) is 2. The molecule has 0 aromatic heterocycles. The quantitative estimate of drug-likeness (QED) is 0.736. The molecule has 1 unspecified atom stereocenters. The highest BCUT2D eigenvalue weighted by Gasteiger charge is 2.36. The average Bonchev–Trinajstić information content (AvgIpc) is 2.66. The monoisotopic (exact) mass is 402 g/mol. The van der Waals surface area contributed by atoms with Crippen molar-refractivity contribution in [2.24, 2.45) is 5.92 Å². The van der Waals surface area contributed by atoms with Gasteiger partial charge in [0.05, 0.1) is 11.3 Å². The molecule has 1 aromatic carbocycles. The van der Waals surface area contributed by atoms with Gasteiger partial charge >= 0.3 is 5.97 Å². The minimum atomic E-state index is -0.977. The summed E-state index contributed by atoms with van der Waals surface area (Å²) in [5.41, 5.74) is -0.311. The van der Waals surface area contributed by atoms with Gasteiger partial charge in [0.15, 0.2) is 11.7 Å². The van der Waals surface area contributed by atoms with Crippen LogP contribution in [0.3, 0.4) is 0 Å². The Hall–Kier alpha value is -2.57. The fourth-order valence-corrected chi connectivity index (χ4v) is 3.64. The maximum atomic E-state index is 12.7. The van der Waals surface area contributed by atoms with Crippen LogP contribution >= 0.6 is 0 Å². The number of benzene rings is 1. The van der Waals surface area contributed by atoms with Crippen molar-refractivity contribution >= 4 is 23.5 Å². The largest absolute Gasteiger partial charge is 0.476 e. The lowest BCUT2D eigenvalue weighted by Crippen LogP contribution is -2.46. The number of rotatable bonds is 5. The van der Waals surface area contributed by atoms with Crippen LogP contribution < -0.4 is 15.4 Å². The fraction of sp³-hybridized carbons (Fsp3) is 0.591. The van der Waals surface area contributed by atoms with Crippen LogP contribution in [0, 0.1) is 5.92 Å². The van der Waals surface area contributed by atoms with Crippen molar-refractivity contribution in [3.8, 4) is 5.75 Å². The van der Waals surface area contributed by atoms with Gasteiger partial charge in [-0.3, -0.25) is 9.59 Å². The Morgan fingerprint density at radius 3 is 2.55 bits per heavy atom. The van der Waals surface area contributed by atoms with Crippen LogP contribution in [-0.4, -0.2) is 35.5 Å². The lowest BCUT2D eigenvalue weighted by molar-refractivity contribution is -0.133. The number of hydrogen-bond acceptors (Lipinski definition) is 5. The SMILES string of the molecule is CC(C)C(OC(=O)c1ccc2c(c1)NC(=O)C(C)(C)O2)C(=O)NC1CCCCC1. The molecule has 1 aromatic rings. The predicted molar refractivity (Wildman–Crippen MR) is 109 cm³/mol. The number of carbonyl (C=O) groups excluding carboxylic acids is 3. The Labute approximate surface area is 171 Å². The van der Waals surface area contributed by atoms with Crippen molar-refractivity contribution < 1.29 is 23.9 Å². The molecule has 1 aliphatic carbocycles. The topological polar surface area (TPSA) is 93.7 Å². The molecule has 1 aliphatic heterocycles. The Kier molecular flexibility index (Phi) is 6.15. The second-order valence-electron chi connectivity index (χ2n) is 8.69. The molecule has 1 atom stereocenters. The van der Waals surface area contributed by atoms with Gasteiger partial charge in [-0.05, 0) is 50.8 Å². The first-order valence-electron chi connectivity index (χ1n) is 10.3. The van der Waals surface area contributed by atoms with E-state index < -0.39 is 17.7 Å². The van der Waals surface area contributed by atoms with Crippen molar-refractivity contribution in [2.75, 3.05) is 5.32 Å². The number of nitrogens with one attached hydrogen (secondary N) is 2. The van der Waals surface area contributed by atoms with Gasteiger partial charge in [-0.25, -0.2) is 4.79 Å². The molecule has 0 bridgehead atoms. The number of fused-ring (bicyclic) bond motifs is 1. The fourth-order valence-electron chi connectivity index (χ4n) is 3.64. The zero-order valence-corrected chi connectivity index (χ0v) is 17.5. The second kappa shape index (κ2) is 8.43. The van der Waals surface area contributed by atoms with E-state index in [1.54, 1.807) is 26.0 Å². The van der Waals surface area contributed by atoms with E-state index in [2.05, 4.69) is 10.6 Å². The van der Waals surface area contributed by atoms with Crippen molar-refractivity contribution in [1.29, 1.82) is 0 Å². The Morgan fingerprint density at radius 1 is 1.21 bits per heavy atom. The van der Waals surface area contributed by atoms with Gasteiger partial charge in [0.2, 0.25) is 0 Å². The summed E-state index contributed by atoms with van der Waals surface area (Å²) < 4.78 is 11.2. The Bertz CT molecular complexity index is 796. The third-order valence-corrected chi connectivity index (χ3v) is 5.42. The molecule has 0 saturated heterocycles. The van der Waals surface area contributed by atoms with Crippen LogP contribution in [0.5, 0.6) is 5.75 Å². The molecule has 0 radical (unpaired) electrons. The summed E-state index contributed by atoms with van der Waals surface area (Å²) in [4.78, 5) is 37.5. The van der Waals surface area contributed by atoms with Gasteiger partial charge in [-0.2, -0.15) is 0 Å². The van der Waals surface area contributed by atoms with Gasteiger partial charge in [0, 0.05) is 6.04 Å². The molecule has 158 valence electrons. The van der Waals surface area contributed by atoms with Gasteiger partial charge < -0.3 is 20.1 Å². The summed E-state index contributed by atoms with van der Waals surface area (Å²) in [6.45, 7) is 7.04. The second-order valence-corrected chi connectivity index (χ2v) is 8.69. The van der Waals surface area contributed by atoms with Gasteiger partial charge in [0.1, 0.15) is 5.75 Å². The molecule has 1 heterocycles. The summed E-state index contributed by atoms with van der Waals surface area (Å²) >= 11 is 0. The molecule has 1 fully saturated rings. The standard InChI is InChI=1S/C22H30N2O5/c1-13(2)18(19(25)23-15-8-6-5-7-9-15)28-20(26)14-10-11-17-16(12-14)24-21(27)22(3,4)29-17/h10-13,15,18H,5-9H2,1-4H3,(H,23,25)(H,24,27). The third kappa shape index (κ3) is 4.89. The van der Waals surface area contributed by atoms with Crippen molar-refractivity contribution in [2.45, 2.75) is 77.5 Å². The van der Waals surface area contributed by atoms with E-state index in [-0.39, 0.29) is 29.3 Å². The highest BCUT2D eigenvalue weighted by atomic mass is 16.5. The predicted octanol–water partition coefficient (Wildman–Crippen LogP) is 3.43. The maximum Gasteiger partial charge on any atom is 0.339 e. The number of hydrogen-bond donors (Lipinski definition) is 2. The summed E-state index contributed by atoms with van der Waals surface area (Å²) in [5.74, 6) is -0.825. The van der Waals surface area contributed by atoms with Crippen molar-refractivity contribution in [3.63, 3.8) is 0 Å². The van der Waals surface area contributed by atoms with Crippen LogP contribution in [0.15, 0.2) is 18.2 Å². The molecule has 29 heavy (non-hydrogen) atoms.